The Balaban J connectivity index is 3.15. The predicted octanol–water partition coefficient (Wildman–Crippen LogP) is 3.72. The molecule has 0 unspecified atom stereocenters. The van der Waals surface area contributed by atoms with Crippen molar-refractivity contribution >= 4 is 15.9 Å². The van der Waals surface area contributed by atoms with E-state index in [1.165, 1.54) is 6.07 Å². The minimum Gasteiger partial charge on any atom is -0.206 e. The molecular formula is C10H9BrF. The maximum Gasteiger partial charge on any atom is 0.137 e. The molecule has 1 radical (unpaired) electrons. The Morgan fingerprint density at radius 2 is 2.25 bits per heavy atom. The first-order chi connectivity index (χ1) is 5.66. The maximum atomic E-state index is 13.0. The maximum absolute atomic E-state index is 13.0. The van der Waals surface area contributed by atoms with E-state index in [0.29, 0.717) is 4.47 Å². The fourth-order valence-corrected chi connectivity index (χ4v) is 1.50. The van der Waals surface area contributed by atoms with Gasteiger partial charge in [0.25, 0.3) is 0 Å². The largest absolute Gasteiger partial charge is 0.206 e. The molecule has 12 heavy (non-hydrogen) atoms. The molecule has 0 aliphatic carbocycles. The zero-order valence-electron chi connectivity index (χ0n) is 6.77. The van der Waals surface area contributed by atoms with Crippen molar-refractivity contribution in [2.45, 2.75) is 6.92 Å². The van der Waals surface area contributed by atoms with Crippen molar-refractivity contribution in [3.63, 3.8) is 0 Å². The molecule has 0 saturated carbocycles. The molecule has 1 aromatic rings. The van der Waals surface area contributed by atoms with Gasteiger partial charge < -0.3 is 0 Å². The number of rotatable bonds is 2. The van der Waals surface area contributed by atoms with Gasteiger partial charge in [0, 0.05) is 5.92 Å². The van der Waals surface area contributed by atoms with Crippen LogP contribution in [0.2, 0.25) is 0 Å². The van der Waals surface area contributed by atoms with Gasteiger partial charge in [0.1, 0.15) is 5.82 Å². The van der Waals surface area contributed by atoms with Crippen LogP contribution in [0.3, 0.4) is 0 Å². The Kier molecular flexibility index (Phi) is 3.04. The summed E-state index contributed by atoms with van der Waals surface area (Å²) >= 11 is 3.18. The fourth-order valence-electron chi connectivity index (χ4n) is 0.918. The minimum absolute atomic E-state index is 0.242. The molecule has 0 aliphatic heterocycles. The Labute approximate surface area is 80.2 Å². The first kappa shape index (κ1) is 9.46. The molecule has 0 fully saturated rings. The molecule has 0 aliphatic rings. The Bertz CT molecular complexity index is 294. The molecular weight excluding hydrogens is 219 g/mol. The van der Waals surface area contributed by atoms with Gasteiger partial charge in [-0.1, -0.05) is 25.1 Å². The number of hydrogen-bond donors (Lipinski definition) is 0. The van der Waals surface area contributed by atoms with Gasteiger partial charge in [-0.3, -0.25) is 0 Å². The quantitative estimate of drug-likeness (QED) is 0.723. The summed E-state index contributed by atoms with van der Waals surface area (Å²) in [6.45, 7) is 5.52. The fraction of sp³-hybridized carbons (Fsp3) is 0.100. The van der Waals surface area contributed by atoms with Crippen molar-refractivity contribution in [3.8, 4) is 0 Å². The van der Waals surface area contributed by atoms with E-state index in [2.05, 4.69) is 22.5 Å². The molecule has 0 atom stereocenters. The summed E-state index contributed by atoms with van der Waals surface area (Å²) in [5, 5.41) is 0. The van der Waals surface area contributed by atoms with Crippen molar-refractivity contribution < 1.29 is 4.39 Å². The molecule has 0 amide bonds. The summed E-state index contributed by atoms with van der Waals surface area (Å²) in [6.07, 6.45) is 1.71. The van der Waals surface area contributed by atoms with Crippen molar-refractivity contribution in [3.05, 3.63) is 52.6 Å². The van der Waals surface area contributed by atoms with E-state index in [4.69, 9.17) is 0 Å². The summed E-state index contributed by atoms with van der Waals surface area (Å²) in [5.74, 6) is 0.718. The molecule has 0 saturated heterocycles. The number of hydrogen-bond acceptors (Lipinski definition) is 0. The number of allylic oxidation sites excluding steroid dienone is 1. The van der Waals surface area contributed by atoms with Crippen molar-refractivity contribution in [2.75, 3.05) is 0 Å². The van der Waals surface area contributed by atoms with Crippen molar-refractivity contribution in [1.82, 2.24) is 0 Å². The van der Waals surface area contributed by atoms with Crippen molar-refractivity contribution in [2.24, 2.45) is 0 Å². The number of halogens is 2. The van der Waals surface area contributed by atoms with Gasteiger partial charge in [0.15, 0.2) is 0 Å². The van der Waals surface area contributed by atoms with Gasteiger partial charge in [0.05, 0.1) is 4.47 Å². The minimum atomic E-state index is -0.242. The second-order valence-electron chi connectivity index (χ2n) is 2.49. The Morgan fingerprint density at radius 1 is 1.58 bits per heavy atom. The van der Waals surface area contributed by atoms with Crippen LogP contribution in [0.5, 0.6) is 0 Å². The van der Waals surface area contributed by atoms with Crippen LogP contribution in [-0.2, 0) is 0 Å². The first-order valence-electron chi connectivity index (χ1n) is 3.57. The average Bonchev–Trinajstić information content (AvgIpc) is 2.08. The third kappa shape index (κ3) is 1.75. The monoisotopic (exact) mass is 227 g/mol. The van der Waals surface area contributed by atoms with E-state index in [0.717, 1.165) is 11.5 Å². The van der Waals surface area contributed by atoms with Gasteiger partial charge in [0.2, 0.25) is 0 Å². The lowest BCUT2D eigenvalue weighted by Gasteiger charge is -2.07. The summed E-state index contributed by atoms with van der Waals surface area (Å²) in [4.78, 5) is 0. The molecule has 0 aromatic heterocycles. The van der Waals surface area contributed by atoms with Crippen LogP contribution in [0.4, 0.5) is 4.39 Å². The molecule has 0 spiro atoms. The molecule has 0 N–H and O–H groups in total. The average molecular weight is 228 g/mol. The molecule has 0 bridgehead atoms. The van der Waals surface area contributed by atoms with Crippen LogP contribution >= 0.6 is 15.9 Å². The lowest BCUT2D eigenvalue weighted by atomic mass is 10.0. The highest BCUT2D eigenvalue weighted by Gasteiger charge is 2.09. The number of benzene rings is 1. The second kappa shape index (κ2) is 3.85. The molecule has 0 heterocycles. The summed E-state index contributed by atoms with van der Waals surface area (Å²) in [5.41, 5.74) is 0.852. The van der Waals surface area contributed by atoms with E-state index in [-0.39, 0.29) is 5.82 Å². The summed E-state index contributed by atoms with van der Waals surface area (Å²) in [7, 11) is 0. The van der Waals surface area contributed by atoms with Crippen LogP contribution < -0.4 is 0 Å². The third-order valence-corrected chi connectivity index (χ3v) is 2.49. The second-order valence-corrected chi connectivity index (χ2v) is 3.28. The molecule has 1 rings (SSSR count). The highest BCUT2D eigenvalue weighted by molar-refractivity contribution is 9.10. The highest BCUT2D eigenvalue weighted by Crippen LogP contribution is 2.26. The zero-order chi connectivity index (χ0) is 9.14. The zero-order valence-corrected chi connectivity index (χ0v) is 8.36. The smallest absolute Gasteiger partial charge is 0.137 e. The standard InChI is InChI=1S/C10H9BrF/c1-3-7(2)8-5-4-6-9(12)10(8)11/h3-6H,1H2,2H3. The molecule has 63 valence electrons. The van der Waals surface area contributed by atoms with Gasteiger partial charge in [-0.2, -0.15) is 0 Å². The highest BCUT2D eigenvalue weighted by atomic mass is 79.9. The van der Waals surface area contributed by atoms with Crippen LogP contribution in [0.25, 0.3) is 0 Å². The first-order valence-corrected chi connectivity index (χ1v) is 4.36. The van der Waals surface area contributed by atoms with Crippen LogP contribution in [0, 0.1) is 11.7 Å². The van der Waals surface area contributed by atoms with Gasteiger partial charge in [-0.25, -0.2) is 4.39 Å². The van der Waals surface area contributed by atoms with Crippen molar-refractivity contribution in [1.29, 1.82) is 0 Å². The molecule has 1 aromatic carbocycles. The third-order valence-electron chi connectivity index (χ3n) is 1.68. The Morgan fingerprint density at radius 3 is 2.83 bits per heavy atom. The van der Waals surface area contributed by atoms with Crippen LogP contribution in [0.1, 0.15) is 12.5 Å². The Hall–Kier alpha value is -0.630. The topological polar surface area (TPSA) is 0 Å². The summed E-state index contributed by atoms with van der Waals surface area (Å²) < 4.78 is 13.5. The summed E-state index contributed by atoms with van der Waals surface area (Å²) in [6, 6.07) is 4.95. The van der Waals surface area contributed by atoms with E-state index >= 15 is 0 Å². The van der Waals surface area contributed by atoms with Gasteiger partial charge >= 0.3 is 0 Å². The normalized spacial score (nSPS) is 10.3. The lowest BCUT2D eigenvalue weighted by Crippen LogP contribution is -1.93. The SMILES string of the molecule is C=C[C](C)c1cccc(F)c1Br. The molecule has 0 nitrogen and oxygen atoms in total. The van der Waals surface area contributed by atoms with Gasteiger partial charge in [-0.05, 0) is 27.6 Å². The van der Waals surface area contributed by atoms with E-state index in [9.17, 15) is 4.39 Å². The van der Waals surface area contributed by atoms with E-state index < -0.39 is 0 Å². The lowest BCUT2D eigenvalue weighted by molar-refractivity contribution is 0.619. The van der Waals surface area contributed by atoms with Gasteiger partial charge in [-0.15, -0.1) is 6.58 Å². The van der Waals surface area contributed by atoms with E-state index in [1.54, 1.807) is 12.1 Å². The van der Waals surface area contributed by atoms with E-state index in [1.807, 2.05) is 13.0 Å². The predicted molar refractivity (Wildman–Crippen MR) is 52.3 cm³/mol. The molecule has 2 heteroatoms. The van der Waals surface area contributed by atoms with Crippen LogP contribution in [-0.4, -0.2) is 0 Å². The van der Waals surface area contributed by atoms with Crippen LogP contribution in [0.15, 0.2) is 35.3 Å².